The van der Waals surface area contributed by atoms with Crippen molar-refractivity contribution in [2.24, 2.45) is 0 Å². The summed E-state index contributed by atoms with van der Waals surface area (Å²) in [5, 5.41) is 9.64. The molecule has 2 amide bonds. The van der Waals surface area contributed by atoms with E-state index in [-0.39, 0.29) is 6.04 Å². The Hall–Kier alpha value is -2.18. The highest BCUT2D eigenvalue weighted by atomic mass is 32.1. The Kier molecular flexibility index (Phi) is 5.83. The molecule has 2 heterocycles. The second kappa shape index (κ2) is 8.27. The van der Waals surface area contributed by atoms with Crippen molar-refractivity contribution in [2.45, 2.75) is 25.8 Å². The van der Waals surface area contributed by atoms with E-state index < -0.39 is 11.8 Å². The van der Waals surface area contributed by atoms with Crippen LogP contribution in [0.4, 0.5) is 5.69 Å². The number of benzene rings is 1. The van der Waals surface area contributed by atoms with Crippen LogP contribution in [0.25, 0.3) is 0 Å². The van der Waals surface area contributed by atoms with E-state index in [0.29, 0.717) is 12.2 Å². The Morgan fingerprint density at radius 1 is 1.16 bits per heavy atom. The first-order chi connectivity index (χ1) is 12.1. The van der Waals surface area contributed by atoms with Crippen LogP contribution in [0.1, 0.15) is 30.0 Å². The summed E-state index contributed by atoms with van der Waals surface area (Å²) in [4.78, 5) is 26.7. The van der Waals surface area contributed by atoms with Crippen LogP contribution in [0.15, 0.2) is 41.1 Å². The molecule has 1 unspecified atom stereocenters. The minimum Gasteiger partial charge on any atom is -0.346 e. The van der Waals surface area contributed by atoms with Gasteiger partial charge < -0.3 is 10.6 Å². The third kappa shape index (κ3) is 4.46. The number of hydrogen-bond acceptors (Lipinski definition) is 4. The van der Waals surface area contributed by atoms with Crippen LogP contribution in [0.5, 0.6) is 0 Å². The van der Waals surface area contributed by atoms with Gasteiger partial charge in [-0.15, -0.1) is 0 Å². The molecule has 1 aromatic carbocycles. The second-order valence-electron chi connectivity index (χ2n) is 6.29. The van der Waals surface area contributed by atoms with Crippen molar-refractivity contribution >= 4 is 28.8 Å². The molecule has 5 nitrogen and oxygen atoms in total. The minimum absolute atomic E-state index is 0.129. The molecule has 132 valence electrons. The first-order valence-corrected chi connectivity index (χ1v) is 9.50. The first-order valence-electron chi connectivity index (χ1n) is 8.56. The summed E-state index contributed by atoms with van der Waals surface area (Å²) in [5.41, 5.74) is 2.79. The molecule has 1 atom stereocenters. The van der Waals surface area contributed by atoms with Gasteiger partial charge in [0.2, 0.25) is 0 Å². The quantitative estimate of drug-likeness (QED) is 0.809. The van der Waals surface area contributed by atoms with Crippen molar-refractivity contribution in [2.75, 3.05) is 25.0 Å². The lowest BCUT2D eigenvalue weighted by Gasteiger charge is -2.27. The summed E-state index contributed by atoms with van der Waals surface area (Å²) in [5.74, 6) is -1.22. The Balaban J connectivity index is 1.59. The Morgan fingerprint density at radius 3 is 2.60 bits per heavy atom. The van der Waals surface area contributed by atoms with E-state index in [1.54, 1.807) is 17.4 Å². The summed E-state index contributed by atoms with van der Waals surface area (Å²) < 4.78 is 0. The third-order valence-corrected chi connectivity index (χ3v) is 5.27. The fourth-order valence-corrected chi connectivity index (χ4v) is 3.84. The number of likely N-dealkylation sites (tertiary alicyclic amines) is 1. The lowest BCUT2D eigenvalue weighted by molar-refractivity contribution is -0.136. The van der Waals surface area contributed by atoms with Gasteiger partial charge in [0.15, 0.2) is 0 Å². The van der Waals surface area contributed by atoms with E-state index in [9.17, 15) is 9.59 Å². The fourth-order valence-electron chi connectivity index (χ4n) is 3.14. The number of anilines is 1. The predicted molar refractivity (Wildman–Crippen MR) is 101 cm³/mol. The molecule has 0 saturated carbocycles. The number of aryl methyl sites for hydroxylation is 1. The maximum absolute atomic E-state index is 12.2. The number of carbonyl (C=O) groups is 2. The number of nitrogens with zero attached hydrogens (tertiary/aromatic N) is 1. The molecule has 0 aliphatic carbocycles. The Bertz CT molecular complexity index is 724. The van der Waals surface area contributed by atoms with E-state index in [1.807, 2.05) is 30.5 Å². The topological polar surface area (TPSA) is 61.4 Å². The molecule has 0 spiro atoms. The van der Waals surface area contributed by atoms with Crippen LogP contribution in [0.2, 0.25) is 0 Å². The summed E-state index contributed by atoms with van der Waals surface area (Å²) >= 11 is 1.65. The molecule has 1 aliphatic heterocycles. The van der Waals surface area contributed by atoms with Crippen molar-refractivity contribution in [3.63, 3.8) is 0 Å². The normalized spacial score (nSPS) is 15.7. The van der Waals surface area contributed by atoms with Crippen LogP contribution >= 0.6 is 11.3 Å². The Morgan fingerprint density at radius 2 is 1.92 bits per heavy atom. The van der Waals surface area contributed by atoms with Gasteiger partial charge >= 0.3 is 11.8 Å². The largest absolute Gasteiger partial charge is 0.346 e. The third-order valence-electron chi connectivity index (χ3n) is 4.56. The molecular weight excluding hydrogens is 334 g/mol. The van der Waals surface area contributed by atoms with Gasteiger partial charge in [0.25, 0.3) is 0 Å². The first kappa shape index (κ1) is 17.6. The standard InChI is InChI=1S/C19H23N3O2S/c1-14-6-2-3-7-16(14)21-19(24)18(23)20-12-17(15-8-11-25-13-15)22-9-4-5-10-22/h2-3,6-8,11,13,17H,4-5,9-10,12H2,1H3,(H,20,23)(H,21,24). The monoisotopic (exact) mass is 357 g/mol. The van der Waals surface area contributed by atoms with Crippen LogP contribution in [-0.2, 0) is 9.59 Å². The summed E-state index contributed by atoms with van der Waals surface area (Å²) in [6, 6.07) is 9.64. The summed E-state index contributed by atoms with van der Waals surface area (Å²) in [6.45, 7) is 4.40. The van der Waals surface area contributed by atoms with Gasteiger partial charge in [-0.1, -0.05) is 18.2 Å². The molecule has 0 bridgehead atoms. The highest BCUT2D eigenvalue weighted by Crippen LogP contribution is 2.26. The maximum Gasteiger partial charge on any atom is 0.313 e. The van der Waals surface area contributed by atoms with E-state index >= 15 is 0 Å². The van der Waals surface area contributed by atoms with Crippen LogP contribution in [-0.4, -0.2) is 36.3 Å². The maximum atomic E-state index is 12.2. The summed E-state index contributed by atoms with van der Waals surface area (Å²) in [6.07, 6.45) is 2.37. The van der Waals surface area contributed by atoms with Gasteiger partial charge in [-0.05, 0) is 66.9 Å². The molecule has 1 aromatic heterocycles. The highest BCUT2D eigenvalue weighted by molar-refractivity contribution is 7.08. The molecule has 1 aliphatic rings. The SMILES string of the molecule is Cc1ccccc1NC(=O)C(=O)NCC(c1ccsc1)N1CCCC1. The molecule has 2 aromatic rings. The number of rotatable bonds is 5. The van der Waals surface area contributed by atoms with Gasteiger partial charge in [0.1, 0.15) is 0 Å². The number of para-hydroxylation sites is 1. The zero-order valence-corrected chi connectivity index (χ0v) is 15.1. The van der Waals surface area contributed by atoms with Crippen molar-refractivity contribution in [3.8, 4) is 0 Å². The van der Waals surface area contributed by atoms with Crippen molar-refractivity contribution < 1.29 is 9.59 Å². The van der Waals surface area contributed by atoms with E-state index in [0.717, 1.165) is 18.7 Å². The molecule has 0 radical (unpaired) electrons. The van der Waals surface area contributed by atoms with Crippen LogP contribution in [0.3, 0.4) is 0 Å². The van der Waals surface area contributed by atoms with Crippen molar-refractivity contribution in [1.29, 1.82) is 0 Å². The smallest absolute Gasteiger partial charge is 0.313 e. The fraction of sp³-hybridized carbons (Fsp3) is 0.368. The number of amides is 2. The Labute approximate surface area is 152 Å². The van der Waals surface area contributed by atoms with Gasteiger partial charge in [0, 0.05) is 12.2 Å². The minimum atomic E-state index is -0.625. The zero-order valence-electron chi connectivity index (χ0n) is 14.3. The number of thiophene rings is 1. The van der Waals surface area contributed by atoms with Crippen molar-refractivity contribution in [1.82, 2.24) is 10.2 Å². The van der Waals surface area contributed by atoms with Gasteiger partial charge in [-0.3, -0.25) is 14.5 Å². The predicted octanol–water partition coefficient (Wildman–Crippen LogP) is 2.95. The molecule has 3 rings (SSSR count). The molecule has 2 N–H and O–H groups in total. The van der Waals surface area contributed by atoms with E-state index in [4.69, 9.17) is 0 Å². The molecule has 6 heteroatoms. The van der Waals surface area contributed by atoms with Gasteiger partial charge in [0.05, 0.1) is 6.04 Å². The molecule has 1 saturated heterocycles. The lowest BCUT2D eigenvalue weighted by atomic mass is 10.1. The molecule has 25 heavy (non-hydrogen) atoms. The average molecular weight is 357 g/mol. The van der Waals surface area contributed by atoms with Crippen LogP contribution < -0.4 is 10.6 Å². The summed E-state index contributed by atoms with van der Waals surface area (Å²) in [7, 11) is 0. The van der Waals surface area contributed by atoms with Crippen molar-refractivity contribution in [3.05, 3.63) is 52.2 Å². The number of hydrogen-bond donors (Lipinski definition) is 2. The van der Waals surface area contributed by atoms with E-state index in [2.05, 4.69) is 27.0 Å². The average Bonchev–Trinajstić information content (AvgIpc) is 3.31. The van der Waals surface area contributed by atoms with Crippen LogP contribution in [0, 0.1) is 6.92 Å². The molecule has 1 fully saturated rings. The number of nitrogens with one attached hydrogen (secondary N) is 2. The number of carbonyl (C=O) groups excluding carboxylic acids is 2. The highest BCUT2D eigenvalue weighted by Gasteiger charge is 2.25. The molecular formula is C19H23N3O2S. The zero-order chi connectivity index (χ0) is 17.6. The van der Waals surface area contributed by atoms with E-state index in [1.165, 1.54) is 18.4 Å². The van der Waals surface area contributed by atoms with Gasteiger partial charge in [-0.2, -0.15) is 11.3 Å². The second-order valence-corrected chi connectivity index (χ2v) is 7.07. The van der Waals surface area contributed by atoms with Gasteiger partial charge in [-0.25, -0.2) is 0 Å². The lowest BCUT2D eigenvalue weighted by Crippen LogP contribution is -2.41.